The van der Waals surface area contributed by atoms with E-state index in [-0.39, 0.29) is 23.8 Å². The molecule has 3 atom stereocenters. The van der Waals surface area contributed by atoms with Crippen molar-refractivity contribution < 1.29 is 19.1 Å². The highest BCUT2D eigenvalue weighted by Gasteiger charge is 2.47. The summed E-state index contributed by atoms with van der Waals surface area (Å²) in [6, 6.07) is 18.6. The number of esters is 1. The molecule has 9 rings (SSSR count). The summed E-state index contributed by atoms with van der Waals surface area (Å²) in [4.78, 5) is 40.7. The number of H-pyrrole nitrogens is 1. The molecule has 0 unspecified atom stereocenters. The quantitative estimate of drug-likeness (QED) is 0.195. The minimum absolute atomic E-state index is 0.00383. The summed E-state index contributed by atoms with van der Waals surface area (Å²) in [7, 11) is 3.66. The van der Waals surface area contributed by atoms with Gasteiger partial charge in [0, 0.05) is 48.7 Å². The van der Waals surface area contributed by atoms with Crippen molar-refractivity contribution >= 4 is 44.8 Å². The summed E-state index contributed by atoms with van der Waals surface area (Å²) >= 11 is 0. The number of piperidine rings is 1. The first kappa shape index (κ1) is 29.9. The number of benzene rings is 3. The SMILES string of the molecule is CCOC(=O)c1nc2ccc(-c3ccc4cc(-c5nc6cc(C(=O)N7C[C@H]8CC[C@@H]7[C@@H]8N)cc(OC)c6n5C)n(CC5CC5)c4c3)cc2[nH]1. The number of imidazole rings is 2. The van der Waals surface area contributed by atoms with E-state index in [4.69, 9.17) is 20.2 Å². The van der Waals surface area contributed by atoms with Crippen LogP contribution in [-0.4, -0.2) is 73.2 Å². The molecule has 4 heterocycles. The standard InChI is InChI=1S/C38H39N7O4/c1-4-49-38(47)35-40-26-11-9-21(13-27(26)41-35)22-7-8-23-16-31(44(30(23)15-22)18-20-5-6-20)36-42-28-14-25(17-32(48-3)34(28)43(36)2)37(46)45-19-24-10-12-29(45)33(24)39/h7-9,11,13-17,20,24,29,33H,4-6,10,12,18-19,39H2,1-3H3,(H,40,41)/t24-,29-,33-/m1/s1. The number of nitrogens with zero attached hydrogens (tertiary/aromatic N) is 5. The molecule has 6 aromatic rings. The lowest BCUT2D eigenvalue weighted by Gasteiger charge is -2.27. The molecule has 49 heavy (non-hydrogen) atoms. The minimum atomic E-state index is -0.461. The summed E-state index contributed by atoms with van der Waals surface area (Å²) in [5.41, 5.74) is 14.3. The molecule has 1 amide bonds. The zero-order valence-electron chi connectivity index (χ0n) is 27.9. The van der Waals surface area contributed by atoms with Gasteiger partial charge in [-0.05, 0) is 92.0 Å². The van der Waals surface area contributed by atoms with Crippen molar-refractivity contribution in [2.45, 2.75) is 51.2 Å². The predicted octanol–water partition coefficient (Wildman–Crippen LogP) is 5.90. The maximum atomic E-state index is 13.8. The fraction of sp³-hybridized carbons (Fsp3) is 0.368. The number of aromatic nitrogens is 5. The van der Waals surface area contributed by atoms with Crippen molar-refractivity contribution in [3.05, 3.63) is 66.0 Å². The molecule has 1 saturated heterocycles. The molecule has 3 N–H and O–H groups in total. The molecule has 0 spiro atoms. The minimum Gasteiger partial charge on any atom is -0.494 e. The van der Waals surface area contributed by atoms with E-state index in [0.717, 1.165) is 69.5 Å². The Morgan fingerprint density at radius 3 is 2.53 bits per heavy atom. The number of rotatable bonds is 8. The summed E-state index contributed by atoms with van der Waals surface area (Å²) in [6.07, 6.45) is 4.48. The van der Waals surface area contributed by atoms with Crippen molar-refractivity contribution in [2.24, 2.45) is 24.6 Å². The van der Waals surface area contributed by atoms with E-state index < -0.39 is 5.97 Å². The van der Waals surface area contributed by atoms with Gasteiger partial charge >= 0.3 is 5.97 Å². The van der Waals surface area contributed by atoms with Crippen LogP contribution in [0, 0.1) is 11.8 Å². The molecule has 11 nitrogen and oxygen atoms in total. The number of ether oxygens (including phenoxy) is 2. The van der Waals surface area contributed by atoms with Gasteiger partial charge in [-0.2, -0.15) is 0 Å². The van der Waals surface area contributed by atoms with Crippen LogP contribution >= 0.6 is 0 Å². The molecule has 2 aliphatic carbocycles. The first-order chi connectivity index (χ1) is 23.8. The third-order valence-corrected chi connectivity index (χ3v) is 10.9. The number of methoxy groups -OCH3 is 1. The highest BCUT2D eigenvalue weighted by atomic mass is 16.5. The van der Waals surface area contributed by atoms with Crippen molar-refractivity contribution in [3.8, 4) is 28.4 Å². The first-order valence-corrected chi connectivity index (χ1v) is 17.2. The predicted molar refractivity (Wildman–Crippen MR) is 187 cm³/mol. The maximum absolute atomic E-state index is 13.8. The summed E-state index contributed by atoms with van der Waals surface area (Å²) in [6.45, 7) is 3.68. The molecular weight excluding hydrogens is 618 g/mol. The van der Waals surface area contributed by atoms with Gasteiger partial charge in [0.1, 0.15) is 11.3 Å². The smallest absolute Gasteiger partial charge is 0.374 e. The number of nitrogens with one attached hydrogen (secondary N) is 1. The third-order valence-electron chi connectivity index (χ3n) is 10.9. The average molecular weight is 658 g/mol. The summed E-state index contributed by atoms with van der Waals surface area (Å²) in [5.74, 6) is 2.19. The van der Waals surface area contributed by atoms with E-state index in [1.165, 1.54) is 12.8 Å². The van der Waals surface area contributed by atoms with Gasteiger partial charge in [0.25, 0.3) is 5.91 Å². The van der Waals surface area contributed by atoms with E-state index in [2.05, 4.69) is 43.4 Å². The summed E-state index contributed by atoms with van der Waals surface area (Å²) in [5, 5.41) is 1.13. The second-order valence-electron chi connectivity index (χ2n) is 13.9. The monoisotopic (exact) mass is 657 g/mol. The Kier molecular flexibility index (Phi) is 6.84. The van der Waals surface area contributed by atoms with Crippen LogP contribution in [0.5, 0.6) is 5.75 Å². The Hall–Kier alpha value is -5.16. The Bertz CT molecular complexity index is 2310. The maximum Gasteiger partial charge on any atom is 0.374 e. The van der Waals surface area contributed by atoms with Crippen LogP contribution in [0.3, 0.4) is 0 Å². The van der Waals surface area contributed by atoms with Crippen LogP contribution in [0.4, 0.5) is 0 Å². The molecule has 3 aromatic carbocycles. The highest BCUT2D eigenvalue weighted by Crippen LogP contribution is 2.41. The normalized spacial score (nSPS) is 20.2. The first-order valence-electron chi connectivity index (χ1n) is 17.2. The van der Waals surface area contributed by atoms with Gasteiger partial charge in [-0.15, -0.1) is 0 Å². The molecule has 3 fully saturated rings. The van der Waals surface area contributed by atoms with E-state index in [9.17, 15) is 9.59 Å². The van der Waals surface area contributed by atoms with Crippen molar-refractivity contribution in [1.29, 1.82) is 0 Å². The number of likely N-dealkylation sites (tertiary alicyclic amines) is 1. The van der Waals surface area contributed by atoms with Crippen LogP contribution in [0.1, 0.15) is 53.6 Å². The molecule has 11 heteroatoms. The van der Waals surface area contributed by atoms with Gasteiger partial charge in [-0.25, -0.2) is 14.8 Å². The Morgan fingerprint density at radius 2 is 1.80 bits per heavy atom. The topological polar surface area (TPSA) is 133 Å². The average Bonchev–Trinajstić information content (AvgIpc) is 3.36. The van der Waals surface area contributed by atoms with Crippen molar-refractivity contribution in [1.82, 2.24) is 29.0 Å². The van der Waals surface area contributed by atoms with Crippen LogP contribution in [-0.2, 0) is 18.3 Å². The number of aryl methyl sites for hydroxylation is 1. The fourth-order valence-corrected chi connectivity index (χ4v) is 8.13. The van der Waals surface area contributed by atoms with Crippen LogP contribution in [0.2, 0.25) is 0 Å². The number of nitrogens with two attached hydrogens (primary N) is 1. The van der Waals surface area contributed by atoms with Crippen molar-refractivity contribution in [3.63, 3.8) is 0 Å². The van der Waals surface area contributed by atoms with Crippen LogP contribution < -0.4 is 10.5 Å². The lowest BCUT2D eigenvalue weighted by Crippen LogP contribution is -2.41. The Labute approximate surface area is 283 Å². The summed E-state index contributed by atoms with van der Waals surface area (Å²) < 4.78 is 15.5. The fourth-order valence-electron chi connectivity index (χ4n) is 8.13. The lowest BCUT2D eigenvalue weighted by molar-refractivity contribution is 0.0513. The van der Waals surface area contributed by atoms with E-state index in [1.54, 1.807) is 14.0 Å². The Balaban J connectivity index is 1.12. The van der Waals surface area contributed by atoms with Crippen molar-refractivity contribution in [2.75, 3.05) is 20.3 Å². The van der Waals surface area contributed by atoms with E-state index in [1.807, 2.05) is 42.3 Å². The molecule has 2 bridgehead atoms. The number of amides is 1. The molecule has 1 aliphatic heterocycles. The number of carbonyl (C=O) groups is 2. The van der Waals surface area contributed by atoms with Gasteiger partial charge in [0.2, 0.25) is 5.82 Å². The van der Waals surface area contributed by atoms with Gasteiger partial charge in [0.05, 0.1) is 36.0 Å². The molecule has 0 radical (unpaired) electrons. The molecular formula is C38H39N7O4. The third kappa shape index (κ3) is 4.81. The van der Waals surface area contributed by atoms with E-state index >= 15 is 0 Å². The zero-order chi connectivity index (χ0) is 33.6. The zero-order valence-corrected chi connectivity index (χ0v) is 27.9. The molecule has 250 valence electrons. The molecule has 2 saturated carbocycles. The number of carbonyl (C=O) groups excluding carboxylic acids is 2. The number of hydrogen-bond donors (Lipinski definition) is 2. The number of aromatic amines is 1. The second kappa shape index (κ2) is 11.2. The van der Waals surface area contributed by atoms with Gasteiger partial charge in [-0.3, -0.25) is 4.79 Å². The van der Waals surface area contributed by atoms with Gasteiger partial charge < -0.3 is 34.2 Å². The van der Waals surface area contributed by atoms with E-state index in [0.29, 0.717) is 41.8 Å². The van der Waals surface area contributed by atoms with Crippen LogP contribution in [0.15, 0.2) is 54.6 Å². The van der Waals surface area contributed by atoms with Crippen LogP contribution in [0.25, 0.3) is 55.6 Å². The molecule has 3 aromatic heterocycles. The largest absolute Gasteiger partial charge is 0.494 e. The number of fused-ring (bicyclic) bond motifs is 5. The lowest BCUT2D eigenvalue weighted by atomic mass is 10.0. The number of hydrogen-bond acceptors (Lipinski definition) is 7. The second-order valence-corrected chi connectivity index (χ2v) is 13.9. The molecule has 3 aliphatic rings. The van der Waals surface area contributed by atoms with Gasteiger partial charge in [0.15, 0.2) is 5.82 Å². The Morgan fingerprint density at radius 1 is 0.980 bits per heavy atom. The van der Waals surface area contributed by atoms with Gasteiger partial charge in [-0.1, -0.05) is 18.2 Å². The highest BCUT2D eigenvalue weighted by molar-refractivity contribution is 6.01.